The summed E-state index contributed by atoms with van der Waals surface area (Å²) >= 11 is 6.04. The summed E-state index contributed by atoms with van der Waals surface area (Å²) in [6, 6.07) is 19.4. The predicted molar refractivity (Wildman–Crippen MR) is 165 cm³/mol. The highest BCUT2D eigenvalue weighted by molar-refractivity contribution is 7.92. The van der Waals surface area contributed by atoms with Crippen LogP contribution in [0.4, 0.5) is 5.69 Å². The van der Waals surface area contributed by atoms with Gasteiger partial charge in [0.15, 0.2) is 0 Å². The Labute approximate surface area is 253 Å². The summed E-state index contributed by atoms with van der Waals surface area (Å²) < 4.78 is 35.0. The van der Waals surface area contributed by atoms with E-state index in [4.69, 9.17) is 16.3 Å². The van der Waals surface area contributed by atoms with Crippen molar-refractivity contribution in [1.29, 1.82) is 0 Å². The van der Waals surface area contributed by atoms with Crippen molar-refractivity contribution in [2.75, 3.05) is 17.5 Å². The van der Waals surface area contributed by atoms with Crippen LogP contribution >= 0.6 is 11.6 Å². The van der Waals surface area contributed by atoms with Crippen molar-refractivity contribution in [1.82, 2.24) is 10.2 Å². The van der Waals surface area contributed by atoms with Crippen molar-refractivity contribution in [3.05, 3.63) is 88.9 Å². The molecule has 1 aliphatic rings. The molecule has 2 amide bonds. The van der Waals surface area contributed by atoms with E-state index in [0.29, 0.717) is 17.4 Å². The average molecular weight is 612 g/mol. The second kappa shape index (κ2) is 14.1. The maximum atomic E-state index is 14.2. The normalized spacial score (nSPS) is 14.3. The molecule has 0 radical (unpaired) electrons. The van der Waals surface area contributed by atoms with Crippen LogP contribution in [0, 0.1) is 6.92 Å². The highest BCUT2D eigenvalue weighted by atomic mass is 35.5. The first kappa shape index (κ1) is 31.4. The predicted octanol–water partition coefficient (Wildman–Crippen LogP) is 5.72. The van der Waals surface area contributed by atoms with Gasteiger partial charge < -0.3 is 15.0 Å². The Balaban J connectivity index is 1.72. The Hall–Kier alpha value is -3.56. The first-order valence-electron chi connectivity index (χ1n) is 14.3. The van der Waals surface area contributed by atoms with E-state index in [2.05, 4.69) is 5.32 Å². The van der Waals surface area contributed by atoms with Crippen molar-refractivity contribution < 1.29 is 22.7 Å². The van der Waals surface area contributed by atoms with Crippen LogP contribution in [0.3, 0.4) is 0 Å². The van der Waals surface area contributed by atoms with Gasteiger partial charge in [-0.3, -0.25) is 13.9 Å². The number of hydrogen-bond donors (Lipinski definition) is 1. The fraction of sp³-hybridized carbons (Fsp3) is 0.375. The van der Waals surface area contributed by atoms with Crippen molar-refractivity contribution in [3.63, 3.8) is 0 Å². The Morgan fingerprint density at radius 1 is 1.02 bits per heavy atom. The number of amides is 2. The third-order valence-corrected chi connectivity index (χ3v) is 9.44. The Kier molecular flexibility index (Phi) is 10.5. The van der Waals surface area contributed by atoms with Gasteiger partial charge in [0.25, 0.3) is 10.0 Å². The molecule has 4 rings (SSSR count). The lowest BCUT2D eigenvalue weighted by molar-refractivity contribution is -0.139. The number of carbonyl (C=O) groups excluding carboxylic acids is 2. The van der Waals surface area contributed by atoms with Gasteiger partial charge in [-0.2, -0.15) is 0 Å². The van der Waals surface area contributed by atoms with Crippen LogP contribution in [-0.2, 0) is 26.2 Å². The molecule has 3 aromatic carbocycles. The molecule has 0 bridgehead atoms. The second-order valence-electron chi connectivity index (χ2n) is 10.5. The highest BCUT2D eigenvalue weighted by Crippen LogP contribution is 2.33. The van der Waals surface area contributed by atoms with Gasteiger partial charge in [-0.05, 0) is 75.6 Å². The number of hydrogen-bond acceptors (Lipinski definition) is 5. The largest absolute Gasteiger partial charge is 0.492 e. The van der Waals surface area contributed by atoms with Crippen LogP contribution in [-0.4, -0.2) is 50.4 Å². The van der Waals surface area contributed by atoms with E-state index < -0.39 is 28.5 Å². The number of benzene rings is 3. The number of nitrogens with zero attached hydrogens (tertiary/aromatic N) is 2. The van der Waals surface area contributed by atoms with E-state index in [1.807, 2.05) is 31.2 Å². The molecule has 0 unspecified atom stereocenters. The van der Waals surface area contributed by atoms with Gasteiger partial charge in [0, 0.05) is 17.6 Å². The number of anilines is 1. The molecular formula is C32H38ClN3O5S. The zero-order valence-electron chi connectivity index (χ0n) is 24.3. The number of halogens is 1. The van der Waals surface area contributed by atoms with Gasteiger partial charge in [-0.1, -0.05) is 66.4 Å². The summed E-state index contributed by atoms with van der Waals surface area (Å²) in [6.45, 7) is 5.34. The SMILES string of the molecule is CCOc1ccccc1N(CC(=O)N(Cc1cccc(C)c1)[C@H](C)C(=O)NC1CCCC1)S(=O)(=O)c1ccc(Cl)cc1. The van der Waals surface area contributed by atoms with Crippen LogP contribution in [0.25, 0.3) is 0 Å². The molecule has 8 nitrogen and oxygen atoms in total. The lowest BCUT2D eigenvalue weighted by atomic mass is 10.1. The second-order valence-corrected chi connectivity index (χ2v) is 12.8. The maximum absolute atomic E-state index is 14.2. The molecule has 1 aliphatic carbocycles. The first-order chi connectivity index (χ1) is 20.1. The number of carbonyl (C=O) groups is 2. The van der Waals surface area contributed by atoms with E-state index in [-0.39, 0.29) is 29.1 Å². The van der Waals surface area contributed by atoms with Crippen LogP contribution < -0.4 is 14.4 Å². The fourth-order valence-electron chi connectivity index (χ4n) is 5.17. The van der Waals surface area contributed by atoms with Crippen molar-refractivity contribution >= 4 is 39.1 Å². The minimum absolute atomic E-state index is 0.0248. The smallest absolute Gasteiger partial charge is 0.264 e. The van der Waals surface area contributed by atoms with Crippen LogP contribution in [0.5, 0.6) is 5.75 Å². The number of sulfonamides is 1. The molecule has 0 aliphatic heterocycles. The monoisotopic (exact) mass is 611 g/mol. The van der Waals surface area contributed by atoms with Gasteiger partial charge in [0.1, 0.15) is 18.3 Å². The van der Waals surface area contributed by atoms with Gasteiger partial charge in [0.2, 0.25) is 11.8 Å². The topological polar surface area (TPSA) is 96.0 Å². The van der Waals surface area contributed by atoms with Crippen LogP contribution in [0.2, 0.25) is 5.02 Å². The molecule has 1 saturated carbocycles. The first-order valence-corrected chi connectivity index (χ1v) is 16.1. The molecule has 1 atom stereocenters. The molecule has 0 saturated heterocycles. The molecule has 1 fully saturated rings. The van der Waals surface area contributed by atoms with Gasteiger partial charge >= 0.3 is 0 Å². The van der Waals surface area contributed by atoms with Crippen molar-refractivity contribution in [3.8, 4) is 5.75 Å². The minimum Gasteiger partial charge on any atom is -0.492 e. The third-order valence-electron chi connectivity index (χ3n) is 7.42. The van der Waals surface area contributed by atoms with E-state index in [1.165, 1.54) is 29.2 Å². The number of para-hydroxylation sites is 2. The third kappa shape index (κ3) is 7.63. The molecule has 0 aromatic heterocycles. The van der Waals surface area contributed by atoms with E-state index >= 15 is 0 Å². The summed E-state index contributed by atoms with van der Waals surface area (Å²) in [5.41, 5.74) is 2.08. The molecule has 3 aromatic rings. The minimum atomic E-state index is -4.24. The number of ether oxygens (including phenoxy) is 1. The van der Waals surface area contributed by atoms with E-state index in [0.717, 1.165) is 41.1 Å². The Morgan fingerprint density at radius 3 is 2.38 bits per heavy atom. The van der Waals surface area contributed by atoms with Crippen LogP contribution in [0.1, 0.15) is 50.7 Å². The molecule has 224 valence electrons. The summed E-state index contributed by atoms with van der Waals surface area (Å²) in [5, 5.41) is 3.47. The van der Waals surface area contributed by atoms with Gasteiger partial charge in [-0.15, -0.1) is 0 Å². The number of rotatable bonds is 12. The van der Waals surface area contributed by atoms with Crippen molar-refractivity contribution in [2.45, 2.75) is 70.0 Å². The molecule has 10 heteroatoms. The Bertz CT molecular complexity index is 1490. The Morgan fingerprint density at radius 2 is 1.71 bits per heavy atom. The standard InChI is InChI=1S/C32H38ClN3O5S/c1-4-41-30-15-8-7-14-29(30)36(42(39,40)28-18-16-26(33)17-19-28)22-31(37)35(21-25-11-9-10-23(2)20-25)24(3)32(38)34-27-12-5-6-13-27/h7-11,14-20,24,27H,4-6,12-13,21-22H2,1-3H3,(H,34,38)/t24-/m1/s1. The lowest BCUT2D eigenvalue weighted by Crippen LogP contribution is -2.52. The summed E-state index contributed by atoms with van der Waals surface area (Å²) in [6.07, 6.45) is 3.93. The number of nitrogens with one attached hydrogen (secondary N) is 1. The summed E-state index contributed by atoms with van der Waals surface area (Å²) in [4.78, 5) is 29.0. The molecular weight excluding hydrogens is 574 g/mol. The van der Waals surface area contributed by atoms with E-state index in [1.54, 1.807) is 38.1 Å². The average Bonchev–Trinajstić information content (AvgIpc) is 3.48. The summed E-state index contributed by atoms with van der Waals surface area (Å²) in [7, 11) is -4.24. The summed E-state index contributed by atoms with van der Waals surface area (Å²) in [5.74, 6) is -0.457. The van der Waals surface area contributed by atoms with Gasteiger partial charge in [-0.25, -0.2) is 8.42 Å². The lowest BCUT2D eigenvalue weighted by Gasteiger charge is -2.33. The quantitative estimate of drug-likeness (QED) is 0.283. The maximum Gasteiger partial charge on any atom is 0.264 e. The molecule has 1 N–H and O–H groups in total. The number of aryl methyl sites for hydroxylation is 1. The fourth-order valence-corrected chi connectivity index (χ4v) is 6.72. The zero-order chi connectivity index (χ0) is 30.3. The molecule has 0 spiro atoms. The zero-order valence-corrected chi connectivity index (χ0v) is 25.8. The molecule has 0 heterocycles. The van der Waals surface area contributed by atoms with Crippen LogP contribution in [0.15, 0.2) is 77.7 Å². The van der Waals surface area contributed by atoms with Gasteiger partial charge in [0.05, 0.1) is 17.2 Å². The molecule has 42 heavy (non-hydrogen) atoms. The van der Waals surface area contributed by atoms with Crippen molar-refractivity contribution in [2.24, 2.45) is 0 Å². The highest BCUT2D eigenvalue weighted by Gasteiger charge is 2.34. The van der Waals surface area contributed by atoms with E-state index in [9.17, 15) is 18.0 Å².